The first-order valence-electron chi connectivity index (χ1n) is 8.68. The molecule has 28 heavy (non-hydrogen) atoms. The Hall–Kier alpha value is -3.61. The Bertz CT molecular complexity index is 917. The third-order valence-electron chi connectivity index (χ3n) is 3.57. The third kappa shape index (κ3) is 5.44. The summed E-state index contributed by atoms with van der Waals surface area (Å²) in [5, 5.41) is 2.65. The Morgan fingerprint density at radius 1 is 1.04 bits per heavy atom. The summed E-state index contributed by atoms with van der Waals surface area (Å²) in [5.41, 5.74) is 0.385. The lowest BCUT2D eigenvalue weighted by atomic mass is 10.3. The monoisotopic (exact) mass is 382 g/mol. The van der Waals surface area contributed by atoms with E-state index in [2.05, 4.69) is 10.3 Å². The van der Waals surface area contributed by atoms with E-state index in [-0.39, 0.29) is 18.3 Å². The highest BCUT2D eigenvalue weighted by atomic mass is 19.1. The lowest BCUT2D eigenvalue weighted by Gasteiger charge is -2.12. The molecule has 0 saturated carbocycles. The first kappa shape index (κ1) is 19.2. The molecule has 0 fully saturated rings. The zero-order valence-corrected chi connectivity index (χ0v) is 15.2. The average molecular weight is 382 g/mol. The highest BCUT2D eigenvalue weighted by molar-refractivity contribution is 5.93. The van der Waals surface area contributed by atoms with Crippen LogP contribution in [0.4, 0.5) is 10.1 Å². The van der Waals surface area contributed by atoms with Gasteiger partial charge in [-0.2, -0.15) is 0 Å². The number of nitrogens with one attached hydrogen (secondary N) is 1. The van der Waals surface area contributed by atoms with E-state index in [1.165, 1.54) is 18.2 Å². The van der Waals surface area contributed by atoms with Gasteiger partial charge < -0.3 is 19.5 Å². The van der Waals surface area contributed by atoms with E-state index in [4.69, 9.17) is 14.2 Å². The first-order chi connectivity index (χ1) is 13.6. The molecule has 0 unspecified atom stereocenters. The van der Waals surface area contributed by atoms with E-state index in [9.17, 15) is 9.18 Å². The minimum atomic E-state index is -0.439. The molecule has 1 heterocycles. The second-order valence-electron chi connectivity index (χ2n) is 5.65. The number of nitrogens with zero attached hydrogens (tertiary/aromatic N) is 1. The first-order valence-corrected chi connectivity index (χ1v) is 8.68. The second-order valence-corrected chi connectivity index (χ2v) is 5.65. The van der Waals surface area contributed by atoms with Crippen molar-refractivity contribution in [1.29, 1.82) is 0 Å². The van der Waals surface area contributed by atoms with Crippen molar-refractivity contribution in [2.24, 2.45) is 0 Å². The van der Waals surface area contributed by atoms with Crippen molar-refractivity contribution in [2.75, 3.05) is 18.5 Å². The van der Waals surface area contributed by atoms with Crippen LogP contribution in [0.5, 0.6) is 23.1 Å². The van der Waals surface area contributed by atoms with Crippen molar-refractivity contribution < 1.29 is 23.4 Å². The van der Waals surface area contributed by atoms with Crippen molar-refractivity contribution >= 4 is 11.6 Å². The van der Waals surface area contributed by atoms with Gasteiger partial charge in [-0.15, -0.1) is 0 Å². The summed E-state index contributed by atoms with van der Waals surface area (Å²) in [7, 11) is 0. The number of carbonyl (C=O) groups is 1. The maximum absolute atomic E-state index is 13.3. The highest BCUT2D eigenvalue weighted by Gasteiger charge is 2.10. The molecule has 144 valence electrons. The van der Waals surface area contributed by atoms with Crippen LogP contribution in [-0.4, -0.2) is 24.1 Å². The summed E-state index contributed by atoms with van der Waals surface area (Å²) in [6.45, 7) is 1.93. The van der Waals surface area contributed by atoms with E-state index in [1.807, 2.05) is 6.07 Å². The number of rotatable bonds is 8. The summed E-state index contributed by atoms with van der Waals surface area (Å²) < 4.78 is 29.7. The van der Waals surface area contributed by atoms with E-state index < -0.39 is 5.82 Å². The number of ether oxygens (including phenoxy) is 3. The molecule has 1 N–H and O–H groups in total. The van der Waals surface area contributed by atoms with Crippen molar-refractivity contribution in [3.8, 4) is 23.1 Å². The summed E-state index contributed by atoms with van der Waals surface area (Å²) in [4.78, 5) is 16.2. The highest BCUT2D eigenvalue weighted by Crippen LogP contribution is 2.26. The Morgan fingerprint density at radius 2 is 1.82 bits per heavy atom. The second kappa shape index (κ2) is 9.36. The number of carbonyl (C=O) groups excluding carboxylic acids is 1. The molecule has 0 aliphatic rings. The molecule has 3 aromatic rings. The van der Waals surface area contributed by atoms with E-state index >= 15 is 0 Å². The molecule has 0 spiro atoms. The van der Waals surface area contributed by atoms with Crippen LogP contribution in [0, 0.1) is 5.82 Å². The molecule has 0 aliphatic heterocycles. The fraction of sp³-hybridized carbons (Fsp3) is 0.143. The third-order valence-corrected chi connectivity index (χ3v) is 3.57. The van der Waals surface area contributed by atoms with Crippen LogP contribution < -0.4 is 19.5 Å². The van der Waals surface area contributed by atoms with Crippen LogP contribution in [0.3, 0.4) is 0 Å². The van der Waals surface area contributed by atoms with Crippen LogP contribution >= 0.6 is 0 Å². The Morgan fingerprint density at radius 3 is 2.54 bits per heavy atom. The quantitative estimate of drug-likeness (QED) is 0.624. The lowest BCUT2D eigenvalue weighted by Crippen LogP contribution is -2.20. The minimum Gasteiger partial charge on any atom is -0.492 e. The SMILES string of the molecule is CCOc1cc(F)ccc1NC(=O)COc1ccc(Oc2ccccn2)cc1. The standard InChI is InChI=1S/C21H19FN2O4/c1-2-26-19-13-15(22)6-11-18(19)24-20(25)14-27-16-7-9-17(10-8-16)28-21-5-3-4-12-23-21/h3-13H,2,14H2,1H3,(H,24,25). The number of hydrogen-bond acceptors (Lipinski definition) is 5. The van der Waals surface area contributed by atoms with Crippen molar-refractivity contribution in [3.05, 3.63) is 72.7 Å². The van der Waals surface area contributed by atoms with Gasteiger partial charge in [-0.3, -0.25) is 4.79 Å². The fourth-order valence-corrected chi connectivity index (χ4v) is 2.34. The normalized spacial score (nSPS) is 10.2. The van der Waals surface area contributed by atoms with Crippen molar-refractivity contribution in [3.63, 3.8) is 0 Å². The van der Waals surface area contributed by atoms with Crippen LogP contribution in [0.15, 0.2) is 66.9 Å². The zero-order chi connectivity index (χ0) is 19.8. The molecule has 0 saturated heterocycles. The van der Waals surface area contributed by atoms with Gasteiger partial charge in [0.05, 0.1) is 12.3 Å². The number of halogens is 1. The summed E-state index contributed by atoms with van der Waals surface area (Å²) in [6.07, 6.45) is 1.64. The van der Waals surface area contributed by atoms with Gasteiger partial charge in [0.1, 0.15) is 23.1 Å². The van der Waals surface area contributed by atoms with E-state index in [1.54, 1.807) is 49.5 Å². The molecule has 0 radical (unpaired) electrons. The predicted molar refractivity (Wildman–Crippen MR) is 102 cm³/mol. The maximum Gasteiger partial charge on any atom is 0.262 e. The topological polar surface area (TPSA) is 69.7 Å². The number of aromatic nitrogens is 1. The van der Waals surface area contributed by atoms with Gasteiger partial charge in [-0.25, -0.2) is 9.37 Å². The van der Waals surface area contributed by atoms with Gasteiger partial charge in [0.2, 0.25) is 5.88 Å². The van der Waals surface area contributed by atoms with Gasteiger partial charge in [-0.05, 0) is 49.4 Å². The molecular formula is C21H19FN2O4. The fourth-order valence-electron chi connectivity index (χ4n) is 2.34. The molecule has 6 nitrogen and oxygen atoms in total. The van der Waals surface area contributed by atoms with E-state index in [0.29, 0.717) is 29.7 Å². The molecular weight excluding hydrogens is 363 g/mol. The molecule has 0 aliphatic carbocycles. The molecule has 1 aromatic heterocycles. The van der Waals surface area contributed by atoms with Gasteiger partial charge in [0.15, 0.2) is 6.61 Å². The molecule has 0 atom stereocenters. The molecule has 7 heteroatoms. The van der Waals surface area contributed by atoms with Crippen LogP contribution in [-0.2, 0) is 4.79 Å². The Kier molecular flexibility index (Phi) is 6.41. The van der Waals surface area contributed by atoms with Crippen molar-refractivity contribution in [1.82, 2.24) is 4.98 Å². The number of amides is 1. The lowest BCUT2D eigenvalue weighted by molar-refractivity contribution is -0.118. The Labute approximate surface area is 161 Å². The largest absolute Gasteiger partial charge is 0.492 e. The van der Waals surface area contributed by atoms with Gasteiger partial charge >= 0.3 is 0 Å². The number of anilines is 1. The van der Waals surface area contributed by atoms with Crippen molar-refractivity contribution in [2.45, 2.75) is 6.92 Å². The number of hydrogen-bond donors (Lipinski definition) is 1. The van der Waals surface area contributed by atoms with E-state index in [0.717, 1.165) is 0 Å². The number of pyridine rings is 1. The maximum atomic E-state index is 13.3. The number of benzene rings is 2. The predicted octanol–water partition coefficient (Wildman–Crippen LogP) is 4.43. The summed E-state index contributed by atoms with van der Waals surface area (Å²) in [5.74, 6) is 1.04. The van der Waals surface area contributed by atoms with Crippen LogP contribution in [0.1, 0.15) is 6.92 Å². The minimum absolute atomic E-state index is 0.205. The molecule has 1 amide bonds. The average Bonchev–Trinajstić information content (AvgIpc) is 2.70. The van der Waals surface area contributed by atoms with Gasteiger partial charge in [0, 0.05) is 18.3 Å². The molecule has 2 aromatic carbocycles. The molecule has 3 rings (SSSR count). The Balaban J connectivity index is 1.53. The summed E-state index contributed by atoms with van der Waals surface area (Å²) in [6, 6.07) is 16.1. The van der Waals surface area contributed by atoms with Crippen LogP contribution in [0.2, 0.25) is 0 Å². The zero-order valence-electron chi connectivity index (χ0n) is 15.2. The van der Waals surface area contributed by atoms with Crippen LogP contribution in [0.25, 0.3) is 0 Å². The van der Waals surface area contributed by atoms with Gasteiger partial charge in [0.25, 0.3) is 5.91 Å². The van der Waals surface area contributed by atoms with Gasteiger partial charge in [-0.1, -0.05) is 6.07 Å². The smallest absolute Gasteiger partial charge is 0.262 e. The molecule has 0 bridgehead atoms. The summed E-state index contributed by atoms with van der Waals surface area (Å²) >= 11 is 0.